The zero-order chi connectivity index (χ0) is 15.2. The van der Waals surface area contributed by atoms with Crippen LogP contribution >= 0.6 is 0 Å². The second-order valence-corrected chi connectivity index (χ2v) is 4.32. The normalized spacial score (nSPS) is 12.9. The lowest BCUT2D eigenvalue weighted by atomic mass is 9.97. The molecule has 0 radical (unpaired) electrons. The van der Waals surface area contributed by atoms with Gasteiger partial charge in [-0.3, -0.25) is 4.79 Å². The highest BCUT2D eigenvalue weighted by atomic mass is 16.5. The summed E-state index contributed by atoms with van der Waals surface area (Å²) in [6.07, 6.45) is 0. The fourth-order valence-electron chi connectivity index (χ4n) is 1.84. The molecule has 0 saturated carbocycles. The Bertz CT molecular complexity index is 638. The smallest absolute Gasteiger partial charge is 0.246 e. The molecular formula is C13H15N5O3. The number of amidine groups is 1. The lowest BCUT2D eigenvalue weighted by molar-refractivity contribution is -0.121. The first-order chi connectivity index (χ1) is 10.1. The molecule has 0 aliphatic heterocycles. The van der Waals surface area contributed by atoms with Crippen LogP contribution in [-0.4, -0.2) is 27.1 Å². The minimum Gasteiger partial charge on any atom is -0.409 e. The number of hydrogen-bond donors (Lipinski definition) is 3. The maximum atomic E-state index is 12.3. The minimum atomic E-state index is -0.889. The molecule has 0 fully saturated rings. The Morgan fingerprint density at radius 2 is 2.19 bits per heavy atom. The highest BCUT2D eigenvalue weighted by Crippen LogP contribution is 2.16. The van der Waals surface area contributed by atoms with E-state index in [1.165, 1.54) is 0 Å². The second kappa shape index (κ2) is 6.51. The van der Waals surface area contributed by atoms with Gasteiger partial charge in [0.2, 0.25) is 11.8 Å². The summed E-state index contributed by atoms with van der Waals surface area (Å²) in [4.78, 5) is 16.2. The largest absolute Gasteiger partial charge is 0.409 e. The third-order valence-electron chi connectivity index (χ3n) is 2.79. The van der Waals surface area contributed by atoms with Crippen molar-refractivity contribution in [2.24, 2.45) is 10.9 Å². The molecule has 1 unspecified atom stereocenters. The lowest BCUT2D eigenvalue weighted by Gasteiger charge is -2.15. The van der Waals surface area contributed by atoms with Gasteiger partial charge >= 0.3 is 0 Å². The number of nitrogens with two attached hydrogens (primary N) is 1. The number of oxime groups is 1. The van der Waals surface area contributed by atoms with E-state index < -0.39 is 11.8 Å². The Morgan fingerprint density at radius 3 is 2.76 bits per heavy atom. The summed E-state index contributed by atoms with van der Waals surface area (Å²) in [7, 11) is 0. The van der Waals surface area contributed by atoms with Crippen LogP contribution in [0.15, 0.2) is 40.0 Å². The number of aromatic nitrogens is 2. The van der Waals surface area contributed by atoms with Gasteiger partial charge in [-0.05, 0) is 12.5 Å². The molecule has 21 heavy (non-hydrogen) atoms. The van der Waals surface area contributed by atoms with Gasteiger partial charge in [0.25, 0.3) is 0 Å². The van der Waals surface area contributed by atoms with Gasteiger partial charge in [-0.15, -0.1) is 0 Å². The zero-order valence-corrected chi connectivity index (χ0v) is 11.4. The van der Waals surface area contributed by atoms with Crippen LogP contribution in [0.5, 0.6) is 0 Å². The molecule has 0 aliphatic carbocycles. The highest BCUT2D eigenvalue weighted by Gasteiger charge is 2.25. The first kappa shape index (κ1) is 14.5. The van der Waals surface area contributed by atoms with Gasteiger partial charge in [-0.1, -0.05) is 40.6 Å². The molecule has 1 heterocycles. The number of rotatable bonds is 5. The Balaban J connectivity index is 2.12. The Kier molecular flexibility index (Phi) is 4.50. The molecule has 0 bridgehead atoms. The molecule has 8 heteroatoms. The molecule has 0 aliphatic rings. The number of nitrogens with zero attached hydrogens (tertiary/aromatic N) is 3. The summed E-state index contributed by atoms with van der Waals surface area (Å²) in [5.41, 5.74) is 6.23. The van der Waals surface area contributed by atoms with Crippen LogP contribution < -0.4 is 11.1 Å². The Morgan fingerprint density at radius 1 is 1.48 bits per heavy atom. The molecule has 0 saturated heterocycles. The van der Waals surface area contributed by atoms with Crippen LogP contribution in [0.1, 0.15) is 23.2 Å². The van der Waals surface area contributed by atoms with Crippen molar-refractivity contribution in [2.75, 3.05) is 0 Å². The van der Waals surface area contributed by atoms with Crippen molar-refractivity contribution >= 4 is 11.7 Å². The number of aryl methyl sites for hydroxylation is 1. The van der Waals surface area contributed by atoms with E-state index in [0.717, 1.165) is 0 Å². The third kappa shape index (κ3) is 3.56. The van der Waals surface area contributed by atoms with Crippen molar-refractivity contribution < 1.29 is 14.5 Å². The van der Waals surface area contributed by atoms with E-state index >= 15 is 0 Å². The first-order valence-corrected chi connectivity index (χ1v) is 6.21. The van der Waals surface area contributed by atoms with Gasteiger partial charge in [0.15, 0.2) is 11.7 Å². The van der Waals surface area contributed by atoms with Crippen LogP contribution in [-0.2, 0) is 11.3 Å². The van der Waals surface area contributed by atoms with Crippen LogP contribution in [0.2, 0.25) is 0 Å². The quantitative estimate of drug-likeness (QED) is 0.319. The van der Waals surface area contributed by atoms with E-state index in [-0.39, 0.29) is 18.3 Å². The van der Waals surface area contributed by atoms with Gasteiger partial charge in [0.1, 0.15) is 5.92 Å². The lowest BCUT2D eigenvalue weighted by Crippen LogP contribution is -2.37. The molecule has 0 spiro atoms. The fraction of sp³-hybridized carbons (Fsp3) is 0.231. The van der Waals surface area contributed by atoms with E-state index in [0.29, 0.717) is 11.4 Å². The van der Waals surface area contributed by atoms with Gasteiger partial charge in [0, 0.05) is 0 Å². The van der Waals surface area contributed by atoms with Gasteiger partial charge in [0.05, 0.1) is 6.54 Å². The summed E-state index contributed by atoms with van der Waals surface area (Å²) < 4.78 is 4.90. The standard InChI is InChI=1S/C13H15N5O3/c1-8-16-10(21-18-8)7-15-13(19)11(12(14)17-20)9-5-3-2-4-6-9/h2-6,11,20H,7H2,1H3,(H2,14,17)(H,15,19). The molecule has 8 nitrogen and oxygen atoms in total. The van der Waals surface area contributed by atoms with Gasteiger partial charge in [-0.2, -0.15) is 4.98 Å². The molecule has 2 rings (SSSR count). The number of carbonyl (C=O) groups is 1. The van der Waals surface area contributed by atoms with Crippen LogP contribution in [0.25, 0.3) is 0 Å². The van der Waals surface area contributed by atoms with Crippen LogP contribution in [0.3, 0.4) is 0 Å². The molecular weight excluding hydrogens is 274 g/mol. The summed E-state index contributed by atoms with van der Waals surface area (Å²) in [6, 6.07) is 8.79. The van der Waals surface area contributed by atoms with E-state index in [9.17, 15) is 4.79 Å². The predicted octanol–water partition coefficient (Wildman–Crippen LogP) is 0.524. The Labute approximate surface area is 120 Å². The number of benzene rings is 1. The summed E-state index contributed by atoms with van der Waals surface area (Å²) in [6.45, 7) is 1.75. The molecule has 2 aromatic rings. The fourth-order valence-corrected chi connectivity index (χ4v) is 1.84. The summed E-state index contributed by atoms with van der Waals surface area (Å²) in [5.74, 6) is -0.740. The van der Waals surface area contributed by atoms with Gasteiger partial charge < -0.3 is 20.8 Å². The molecule has 110 valence electrons. The molecule has 1 amide bonds. The number of carbonyl (C=O) groups excluding carboxylic acids is 1. The number of amides is 1. The average Bonchev–Trinajstić information content (AvgIpc) is 2.92. The topological polar surface area (TPSA) is 127 Å². The average molecular weight is 289 g/mol. The van der Waals surface area contributed by atoms with Crippen molar-refractivity contribution in [1.82, 2.24) is 15.5 Å². The van der Waals surface area contributed by atoms with Crippen molar-refractivity contribution in [1.29, 1.82) is 0 Å². The van der Waals surface area contributed by atoms with Crippen molar-refractivity contribution in [3.8, 4) is 0 Å². The number of hydrogen-bond acceptors (Lipinski definition) is 6. The Hall–Kier alpha value is -2.90. The summed E-state index contributed by atoms with van der Waals surface area (Å²) in [5, 5.41) is 18.0. The van der Waals surface area contributed by atoms with E-state index in [4.69, 9.17) is 15.5 Å². The number of nitrogens with one attached hydrogen (secondary N) is 1. The molecule has 4 N–H and O–H groups in total. The van der Waals surface area contributed by atoms with E-state index in [1.807, 2.05) is 6.07 Å². The molecule has 1 aromatic carbocycles. The minimum absolute atomic E-state index is 0.0711. The second-order valence-electron chi connectivity index (χ2n) is 4.32. The molecule has 1 atom stereocenters. The monoisotopic (exact) mass is 289 g/mol. The third-order valence-corrected chi connectivity index (χ3v) is 2.79. The first-order valence-electron chi connectivity index (χ1n) is 6.21. The van der Waals surface area contributed by atoms with E-state index in [2.05, 4.69) is 20.6 Å². The maximum Gasteiger partial charge on any atom is 0.246 e. The van der Waals surface area contributed by atoms with Crippen molar-refractivity contribution in [3.05, 3.63) is 47.6 Å². The zero-order valence-electron chi connectivity index (χ0n) is 11.4. The molecule has 1 aromatic heterocycles. The SMILES string of the molecule is Cc1noc(CNC(=O)C(C(N)=NO)c2ccccc2)n1. The highest BCUT2D eigenvalue weighted by molar-refractivity contribution is 6.07. The summed E-state index contributed by atoms with van der Waals surface area (Å²) >= 11 is 0. The van der Waals surface area contributed by atoms with E-state index in [1.54, 1.807) is 31.2 Å². The predicted molar refractivity (Wildman–Crippen MR) is 73.5 cm³/mol. The van der Waals surface area contributed by atoms with Gasteiger partial charge in [-0.25, -0.2) is 0 Å². The van der Waals surface area contributed by atoms with Crippen molar-refractivity contribution in [2.45, 2.75) is 19.4 Å². The maximum absolute atomic E-state index is 12.3. The van der Waals surface area contributed by atoms with Crippen LogP contribution in [0.4, 0.5) is 0 Å². The van der Waals surface area contributed by atoms with Crippen molar-refractivity contribution in [3.63, 3.8) is 0 Å². The van der Waals surface area contributed by atoms with Crippen LogP contribution in [0, 0.1) is 6.92 Å².